The highest BCUT2D eigenvalue weighted by Crippen LogP contribution is 2.37. The van der Waals surface area contributed by atoms with Crippen LogP contribution in [0.3, 0.4) is 0 Å². The third kappa shape index (κ3) is 3.27. The maximum atomic E-state index is 12.8. The third-order valence-corrected chi connectivity index (χ3v) is 4.57. The summed E-state index contributed by atoms with van der Waals surface area (Å²) in [7, 11) is 0. The Hall–Kier alpha value is -1.56. The topological polar surface area (TPSA) is 41.1 Å². The van der Waals surface area contributed by atoms with Crippen LogP contribution < -0.4 is 10.6 Å². The summed E-state index contributed by atoms with van der Waals surface area (Å²) in [4.78, 5) is 12.3. The molecule has 0 aromatic heterocycles. The first kappa shape index (κ1) is 15.3. The van der Waals surface area contributed by atoms with E-state index in [1.54, 1.807) is 6.07 Å². The van der Waals surface area contributed by atoms with E-state index in [-0.39, 0.29) is 24.8 Å². The number of hydrogen-bond donors (Lipinski definition) is 2. The van der Waals surface area contributed by atoms with Gasteiger partial charge in [0.2, 0.25) is 0 Å². The highest BCUT2D eigenvalue weighted by atomic mass is 19.4. The van der Waals surface area contributed by atoms with E-state index in [9.17, 15) is 18.0 Å². The van der Waals surface area contributed by atoms with Crippen molar-refractivity contribution in [2.75, 3.05) is 0 Å². The summed E-state index contributed by atoms with van der Waals surface area (Å²) in [6.07, 6.45) is -2.89. The van der Waals surface area contributed by atoms with Crippen molar-refractivity contribution in [1.82, 2.24) is 10.6 Å². The van der Waals surface area contributed by atoms with Gasteiger partial charge in [-0.1, -0.05) is 12.5 Å². The zero-order valence-electron chi connectivity index (χ0n) is 12.2. The third-order valence-electron chi connectivity index (χ3n) is 4.57. The van der Waals surface area contributed by atoms with Gasteiger partial charge in [-0.15, -0.1) is 0 Å². The number of alkyl halides is 3. The minimum Gasteiger partial charge on any atom is -0.349 e. The SMILES string of the molecule is O=C(NC1CCCC(C(F)(F)F)C1)c1ccc2c(c1)CNC2. The molecule has 1 fully saturated rings. The molecule has 3 rings (SSSR count). The van der Waals surface area contributed by atoms with Crippen molar-refractivity contribution in [2.45, 2.75) is 51.0 Å². The number of nitrogens with one attached hydrogen (secondary N) is 2. The highest BCUT2D eigenvalue weighted by molar-refractivity contribution is 5.94. The maximum absolute atomic E-state index is 12.8. The summed E-state index contributed by atoms with van der Waals surface area (Å²) in [6.45, 7) is 1.53. The average molecular weight is 312 g/mol. The van der Waals surface area contributed by atoms with Crippen LogP contribution in [-0.4, -0.2) is 18.1 Å². The molecule has 6 heteroatoms. The normalized spacial score (nSPS) is 24.9. The predicted molar refractivity (Wildman–Crippen MR) is 76.3 cm³/mol. The van der Waals surface area contributed by atoms with Crippen LogP contribution in [0.15, 0.2) is 18.2 Å². The second kappa shape index (κ2) is 5.91. The Morgan fingerprint density at radius 3 is 2.73 bits per heavy atom. The van der Waals surface area contributed by atoms with Crippen LogP contribution in [0.4, 0.5) is 13.2 Å². The molecular weight excluding hydrogens is 293 g/mol. The van der Waals surface area contributed by atoms with Gasteiger partial charge in [0.05, 0.1) is 5.92 Å². The molecule has 2 atom stereocenters. The quantitative estimate of drug-likeness (QED) is 0.881. The van der Waals surface area contributed by atoms with Crippen LogP contribution >= 0.6 is 0 Å². The van der Waals surface area contributed by atoms with Crippen molar-refractivity contribution in [3.8, 4) is 0 Å². The number of fused-ring (bicyclic) bond motifs is 1. The number of carbonyl (C=O) groups is 1. The van der Waals surface area contributed by atoms with Crippen LogP contribution in [0, 0.1) is 5.92 Å². The van der Waals surface area contributed by atoms with Crippen molar-refractivity contribution in [3.63, 3.8) is 0 Å². The van der Waals surface area contributed by atoms with Gasteiger partial charge in [-0.2, -0.15) is 13.2 Å². The van der Waals surface area contributed by atoms with Crippen molar-refractivity contribution >= 4 is 5.91 Å². The Labute approximate surface area is 127 Å². The number of hydrogen-bond acceptors (Lipinski definition) is 2. The minimum absolute atomic E-state index is 0.0122. The van der Waals surface area contributed by atoms with E-state index in [4.69, 9.17) is 0 Å². The van der Waals surface area contributed by atoms with Gasteiger partial charge in [-0.05, 0) is 42.5 Å². The standard InChI is InChI=1S/C16H19F3N2O/c17-16(18,19)13-2-1-3-14(7-13)21-15(22)10-4-5-11-8-20-9-12(11)6-10/h4-6,13-14,20H,1-3,7-9H2,(H,21,22). The monoisotopic (exact) mass is 312 g/mol. The molecule has 1 aliphatic carbocycles. The minimum atomic E-state index is -4.16. The molecular formula is C16H19F3N2O. The number of amides is 1. The Kier molecular flexibility index (Phi) is 4.12. The summed E-state index contributed by atoms with van der Waals surface area (Å²) >= 11 is 0. The first-order chi connectivity index (χ1) is 10.4. The number of carbonyl (C=O) groups excluding carboxylic acids is 1. The fourth-order valence-corrected chi connectivity index (χ4v) is 3.32. The fourth-order valence-electron chi connectivity index (χ4n) is 3.32. The first-order valence-corrected chi connectivity index (χ1v) is 7.63. The molecule has 1 heterocycles. The van der Waals surface area contributed by atoms with Gasteiger partial charge < -0.3 is 10.6 Å². The molecule has 1 amide bonds. The van der Waals surface area contributed by atoms with Crippen LogP contribution in [0.1, 0.15) is 47.2 Å². The molecule has 1 aromatic rings. The molecule has 1 saturated carbocycles. The van der Waals surface area contributed by atoms with Crippen LogP contribution in [-0.2, 0) is 13.1 Å². The molecule has 1 aliphatic heterocycles. The lowest BCUT2D eigenvalue weighted by Gasteiger charge is -2.31. The van der Waals surface area contributed by atoms with Crippen molar-refractivity contribution < 1.29 is 18.0 Å². The van der Waals surface area contributed by atoms with Gasteiger partial charge in [-0.3, -0.25) is 4.79 Å². The van der Waals surface area contributed by atoms with Gasteiger partial charge in [0.15, 0.2) is 0 Å². The lowest BCUT2D eigenvalue weighted by atomic mass is 9.85. The average Bonchev–Trinajstić information content (AvgIpc) is 2.94. The Balaban J connectivity index is 1.64. The van der Waals surface area contributed by atoms with E-state index in [1.807, 2.05) is 12.1 Å². The van der Waals surface area contributed by atoms with Crippen LogP contribution in [0.5, 0.6) is 0 Å². The highest BCUT2D eigenvalue weighted by Gasteiger charge is 2.42. The summed E-state index contributed by atoms with van der Waals surface area (Å²) in [6, 6.07) is 5.09. The Morgan fingerprint density at radius 2 is 1.95 bits per heavy atom. The number of benzene rings is 1. The van der Waals surface area contributed by atoms with Gasteiger partial charge in [0.1, 0.15) is 0 Å². The van der Waals surface area contributed by atoms with E-state index >= 15 is 0 Å². The summed E-state index contributed by atoms with van der Waals surface area (Å²) in [5.41, 5.74) is 2.78. The predicted octanol–water partition coefficient (Wildman–Crippen LogP) is 3.14. The summed E-state index contributed by atoms with van der Waals surface area (Å²) in [5, 5.41) is 5.97. The summed E-state index contributed by atoms with van der Waals surface area (Å²) < 4.78 is 38.4. The molecule has 0 saturated heterocycles. The maximum Gasteiger partial charge on any atom is 0.391 e. The molecule has 0 bridgehead atoms. The molecule has 1 aromatic carbocycles. The second-order valence-corrected chi connectivity index (χ2v) is 6.16. The molecule has 0 spiro atoms. The van der Waals surface area contributed by atoms with Crippen molar-refractivity contribution in [3.05, 3.63) is 34.9 Å². The van der Waals surface area contributed by atoms with Gasteiger partial charge >= 0.3 is 6.18 Å². The molecule has 2 unspecified atom stereocenters. The smallest absolute Gasteiger partial charge is 0.349 e. The van der Waals surface area contributed by atoms with E-state index in [0.717, 1.165) is 18.7 Å². The first-order valence-electron chi connectivity index (χ1n) is 7.63. The molecule has 22 heavy (non-hydrogen) atoms. The molecule has 2 N–H and O–H groups in total. The van der Waals surface area contributed by atoms with Crippen molar-refractivity contribution in [1.29, 1.82) is 0 Å². The number of rotatable bonds is 2. The van der Waals surface area contributed by atoms with Crippen LogP contribution in [0.25, 0.3) is 0 Å². The zero-order valence-corrected chi connectivity index (χ0v) is 12.2. The Morgan fingerprint density at radius 1 is 1.18 bits per heavy atom. The van der Waals surface area contributed by atoms with Crippen LogP contribution in [0.2, 0.25) is 0 Å². The van der Waals surface area contributed by atoms with Gasteiger partial charge in [0, 0.05) is 24.7 Å². The molecule has 0 radical (unpaired) electrons. The molecule has 120 valence electrons. The summed E-state index contributed by atoms with van der Waals surface area (Å²) in [5.74, 6) is -1.57. The molecule has 3 nitrogen and oxygen atoms in total. The van der Waals surface area contributed by atoms with Crippen molar-refractivity contribution in [2.24, 2.45) is 5.92 Å². The van der Waals surface area contributed by atoms with E-state index in [0.29, 0.717) is 18.4 Å². The van der Waals surface area contributed by atoms with Gasteiger partial charge in [-0.25, -0.2) is 0 Å². The largest absolute Gasteiger partial charge is 0.391 e. The van der Waals surface area contributed by atoms with E-state index in [1.165, 1.54) is 5.56 Å². The number of halogens is 3. The fraction of sp³-hybridized carbons (Fsp3) is 0.562. The van der Waals surface area contributed by atoms with E-state index in [2.05, 4.69) is 10.6 Å². The molecule has 2 aliphatic rings. The lowest BCUT2D eigenvalue weighted by molar-refractivity contribution is -0.183. The van der Waals surface area contributed by atoms with E-state index < -0.39 is 12.1 Å². The zero-order chi connectivity index (χ0) is 15.7. The second-order valence-electron chi connectivity index (χ2n) is 6.16. The Bertz CT molecular complexity index is 571. The lowest BCUT2D eigenvalue weighted by Crippen LogP contribution is -2.41. The van der Waals surface area contributed by atoms with Gasteiger partial charge in [0.25, 0.3) is 5.91 Å².